The first-order chi connectivity index (χ1) is 7.65. The Morgan fingerprint density at radius 2 is 1.94 bits per heavy atom. The van der Waals surface area contributed by atoms with Crippen molar-refractivity contribution in [3.8, 4) is 0 Å². The molecule has 0 aromatic carbocycles. The van der Waals surface area contributed by atoms with Gasteiger partial charge in [-0.1, -0.05) is 13.3 Å². The highest BCUT2D eigenvalue weighted by molar-refractivity contribution is 6.05. The predicted octanol–water partition coefficient (Wildman–Crippen LogP) is -0.540. The predicted molar refractivity (Wildman–Crippen MR) is 56.9 cm³/mol. The van der Waals surface area contributed by atoms with Crippen molar-refractivity contribution in [2.24, 2.45) is 5.92 Å². The lowest BCUT2D eigenvalue weighted by atomic mass is 10.0. The molecule has 0 aromatic rings. The lowest BCUT2D eigenvalue weighted by Gasteiger charge is -2.05. The van der Waals surface area contributed by atoms with Gasteiger partial charge < -0.3 is 5.32 Å². The summed E-state index contributed by atoms with van der Waals surface area (Å²) in [5, 5.41) is 2.73. The Morgan fingerprint density at radius 3 is 2.50 bits per heavy atom. The second kappa shape index (κ2) is 6.09. The van der Waals surface area contributed by atoms with Gasteiger partial charge in [-0.3, -0.25) is 25.2 Å². The summed E-state index contributed by atoms with van der Waals surface area (Å²) in [6, 6.07) is 0. The zero-order valence-corrected chi connectivity index (χ0v) is 9.34. The highest BCUT2D eigenvalue weighted by Gasteiger charge is 2.32. The molecule has 1 aliphatic rings. The molecule has 0 aliphatic carbocycles. The lowest BCUT2D eigenvalue weighted by Crippen LogP contribution is -2.28. The minimum atomic E-state index is -0.725. The topological polar surface area (TPSA) is 87.3 Å². The molecule has 16 heavy (non-hydrogen) atoms. The third kappa shape index (κ3) is 3.52. The van der Waals surface area contributed by atoms with E-state index in [0.29, 0.717) is 6.54 Å². The Kier molecular flexibility index (Phi) is 4.75. The standard InChI is InChI=1S/C10H17N3O3/c1-2-3-6-11-8(14)5-4-7-9(15)12-13-10(7)16/h7H,2-6H2,1H3,(H,11,14)(H,12,15)(H,13,16). The van der Waals surface area contributed by atoms with Gasteiger partial charge in [-0.2, -0.15) is 0 Å². The smallest absolute Gasteiger partial charge is 0.251 e. The maximum atomic E-state index is 11.3. The van der Waals surface area contributed by atoms with E-state index in [1.165, 1.54) is 0 Å². The molecule has 90 valence electrons. The van der Waals surface area contributed by atoms with Crippen molar-refractivity contribution in [2.45, 2.75) is 32.6 Å². The van der Waals surface area contributed by atoms with Gasteiger partial charge in [-0.05, 0) is 12.8 Å². The maximum Gasteiger partial charge on any atom is 0.251 e. The summed E-state index contributed by atoms with van der Waals surface area (Å²) in [6.07, 6.45) is 2.43. The van der Waals surface area contributed by atoms with E-state index >= 15 is 0 Å². The lowest BCUT2D eigenvalue weighted by molar-refractivity contribution is -0.128. The molecule has 1 heterocycles. The summed E-state index contributed by atoms with van der Waals surface area (Å²) in [7, 11) is 0. The molecule has 6 nitrogen and oxygen atoms in total. The number of amides is 3. The number of carbonyl (C=O) groups excluding carboxylic acids is 3. The fourth-order valence-electron chi connectivity index (χ4n) is 1.45. The van der Waals surface area contributed by atoms with Crippen LogP contribution in [0.5, 0.6) is 0 Å². The van der Waals surface area contributed by atoms with E-state index in [2.05, 4.69) is 16.2 Å². The fourth-order valence-corrected chi connectivity index (χ4v) is 1.45. The quantitative estimate of drug-likeness (QED) is 0.420. The van der Waals surface area contributed by atoms with Gasteiger partial charge in [0.15, 0.2) is 0 Å². The van der Waals surface area contributed by atoms with Gasteiger partial charge in [0, 0.05) is 13.0 Å². The van der Waals surface area contributed by atoms with E-state index in [1.807, 2.05) is 6.92 Å². The van der Waals surface area contributed by atoms with Crippen LogP contribution < -0.4 is 16.2 Å². The van der Waals surface area contributed by atoms with Gasteiger partial charge in [0.2, 0.25) is 5.91 Å². The molecule has 1 rings (SSSR count). The Morgan fingerprint density at radius 1 is 1.31 bits per heavy atom. The number of hydrazine groups is 1. The van der Waals surface area contributed by atoms with Crippen molar-refractivity contribution in [1.29, 1.82) is 0 Å². The van der Waals surface area contributed by atoms with Crippen LogP contribution in [0, 0.1) is 5.92 Å². The zero-order chi connectivity index (χ0) is 12.0. The molecule has 0 aromatic heterocycles. The molecule has 1 aliphatic heterocycles. The number of rotatable bonds is 6. The molecule has 1 saturated heterocycles. The van der Waals surface area contributed by atoms with Gasteiger partial charge in [0.25, 0.3) is 11.8 Å². The van der Waals surface area contributed by atoms with Gasteiger partial charge in [-0.25, -0.2) is 0 Å². The first kappa shape index (κ1) is 12.5. The van der Waals surface area contributed by atoms with Crippen LogP contribution in [-0.2, 0) is 14.4 Å². The van der Waals surface area contributed by atoms with Crippen LogP contribution in [0.25, 0.3) is 0 Å². The molecule has 0 spiro atoms. The SMILES string of the molecule is CCCCNC(=O)CCC1C(=O)NNC1=O. The molecule has 0 bridgehead atoms. The Balaban J connectivity index is 2.21. The second-order valence-electron chi connectivity index (χ2n) is 3.77. The van der Waals surface area contributed by atoms with Crippen molar-refractivity contribution in [1.82, 2.24) is 16.2 Å². The van der Waals surface area contributed by atoms with Crippen molar-refractivity contribution < 1.29 is 14.4 Å². The molecular weight excluding hydrogens is 210 g/mol. The minimum Gasteiger partial charge on any atom is -0.356 e. The fraction of sp³-hybridized carbons (Fsp3) is 0.700. The van der Waals surface area contributed by atoms with Crippen LogP contribution in [-0.4, -0.2) is 24.3 Å². The molecule has 3 amide bonds. The summed E-state index contributed by atoms with van der Waals surface area (Å²) in [5.41, 5.74) is 4.45. The molecule has 0 saturated carbocycles. The van der Waals surface area contributed by atoms with Gasteiger partial charge >= 0.3 is 0 Å². The number of hydrogen-bond donors (Lipinski definition) is 3. The highest BCUT2D eigenvalue weighted by atomic mass is 16.2. The normalized spacial score (nSPS) is 15.8. The first-order valence-corrected chi connectivity index (χ1v) is 5.51. The number of unbranched alkanes of at least 4 members (excludes halogenated alkanes) is 1. The third-order valence-corrected chi connectivity index (χ3v) is 2.45. The molecule has 0 atom stereocenters. The summed E-state index contributed by atoms with van der Waals surface area (Å²) in [5.74, 6) is -1.55. The summed E-state index contributed by atoms with van der Waals surface area (Å²) < 4.78 is 0. The van der Waals surface area contributed by atoms with Crippen LogP contribution >= 0.6 is 0 Å². The molecule has 6 heteroatoms. The van der Waals surface area contributed by atoms with Crippen LogP contribution in [0.3, 0.4) is 0 Å². The molecular formula is C10H17N3O3. The molecule has 0 unspecified atom stereocenters. The maximum absolute atomic E-state index is 11.3. The van der Waals surface area contributed by atoms with Crippen LogP contribution in [0.2, 0.25) is 0 Å². The molecule has 1 fully saturated rings. The largest absolute Gasteiger partial charge is 0.356 e. The summed E-state index contributed by atoms with van der Waals surface area (Å²) in [6.45, 7) is 2.69. The van der Waals surface area contributed by atoms with E-state index in [-0.39, 0.29) is 30.6 Å². The van der Waals surface area contributed by atoms with Gasteiger partial charge in [0.05, 0.1) is 0 Å². The average Bonchev–Trinajstić information content (AvgIpc) is 2.57. The number of carbonyl (C=O) groups is 3. The van der Waals surface area contributed by atoms with E-state index in [4.69, 9.17) is 0 Å². The number of nitrogens with one attached hydrogen (secondary N) is 3. The Bertz CT molecular complexity index is 275. The van der Waals surface area contributed by atoms with Crippen LogP contribution in [0.1, 0.15) is 32.6 Å². The number of hydrogen-bond acceptors (Lipinski definition) is 3. The van der Waals surface area contributed by atoms with E-state index < -0.39 is 5.92 Å². The van der Waals surface area contributed by atoms with Crippen molar-refractivity contribution in [3.05, 3.63) is 0 Å². The van der Waals surface area contributed by atoms with Crippen molar-refractivity contribution in [2.75, 3.05) is 6.54 Å². The summed E-state index contributed by atoms with van der Waals surface area (Å²) in [4.78, 5) is 33.6. The zero-order valence-electron chi connectivity index (χ0n) is 9.34. The Hall–Kier alpha value is -1.59. The van der Waals surface area contributed by atoms with Crippen LogP contribution in [0.15, 0.2) is 0 Å². The van der Waals surface area contributed by atoms with E-state index in [9.17, 15) is 14.4 Å². The second-order valence-corrected chi connectivity index (χ2v) is 3.77. The van der Waals surface area contributed by atoms with Gasteiger partial charge in [-0.15, -0.1) is 0 Å². The third-order valence-electron chi connectivity index (χ3n) is 2.45. The van der Waals surface area contributed by atoms with E-state index in [1.54, 1.807) is 0 Å². The van der Waals surface area contributed by atoms with Crippen molar-refractivity contribution in [3.63, 3.8) is 0 Å². The summed E-state index contributed by atoms with van der Waals surface area (Å²) >= 11 is 0. The average molecular weight is 227 g/mol. The molecule has 3 N–H and O–H groups in total. The minimum absolute atomic E-state index is 0.110. The Labute approximate surface area is 94.1 Å². The molecule has 0 radical (unpaired) electrons. The first-order valence-electron chi connectivity index (χ1n) is 5.51. The van der Waals surface area contributed by atoms with Crippen molar-refractivity contribution >= 4 is 17.7 Å². The highest BCUT2D eigenvalue weighted by Crippen LogP contribution is 2.10. The van der Waals surface area contributed by atoms with Crippen LogP contribution in [0.4, 0.5) is 0 Å². The van der Waals surface area contributed by atoms with Gasteiger partial charge in [0.1, 0.15) is 5.92 Å². The monoisotopic (exact) mass is 227 g/mol. The van der Waals surface area contributed by atoms with E-state index in [0.717, 1.165) is 12.8 Å².